The summed E-state index contributed by atoms with van der Waals surface area (Å²) in [7, 11) is 0. The van der Waals surface area contributed by atoms with Crippen LogP contribution in [0.4, 0.5) is 0 Å². The Kier molecular flexibility index (Phi) is 41.7. The van der Waals surface area contributed by atoms with E-state index >= 15 is 0 Å². The highest BCUT2D eigenvalue weighted by atomic mass is 16.5. The van der Waals surface area contributed by atoms with E-state index in [4.69, 9.17) is 4.74 Å². The van der Waals surface area contributed by atoms with E-state index in [-0.39, 0.29) is 0 Å². The van der Waals surface area contributed by atoms with Gasteiger partial charge in [-0.2, -0.15) is 0 Å². The summed E-state index contributed by atoms with van der Waals surface area (Å²) in [6.07, 6.45) is 12.1. The van der Waals surface area contributed by atoms with Gasteiger partial charge in [-0.15, -0.1) is 11.8 Å². The van der Waals surface area contributed by atoms with Crippen LogP contribution in [0.25, 0.3) is 0 Å². The third-order valence-electron chi connectivity index (χ3n) is 4.51. The van der Waals surface area contributed by atoms with Crippen molar-refractivity contribution in [2.75, 3.05) is 6.61 Å². The van der Waals surface area contributed by atoms with Gasteiger partial charge in [-0.05, 0) is 55.3 Å². The van der Waals surface area contributed by atoms with Crippen molar-refractivity contribution < 1.29 is 4.74 Å². The first-order chi connectivity index (χ1) is 18.1. The maximum absolute atomic E-state index is 5.30. The molecule has 0 aliphatic carbocycles. The minimum atomic E-state index is 0.386. The zero-order valence-corrected chi connectivity index (χ0v) is 31.6. The molecule has 0 saturated carbocycles. The Hall–Kier alpha value is -1.00. The summed E-state index contributed by atoms with van der Waals surface area (Å²) in [6.45, 7) is 44.4. The molecule has 0 unspecified atom stereocenters. The Morgan fingerprint density at radius 1 is 0.400 bits per heavy atom. The van der Waals surface area contributed by atoms with Gasteiger partial charge in [0.25, 0.3) is 0 Å². The lowest BCUT2D eigenvalue weighted by Gasteiger charge is -2.08. The molecule has 1 nitrogen and oxygen atoms in total. The van der Waals surface area contributed by atoms with Gasteiger partial charge in [0.2, 0.25) is 0 Å². The van der Waals surface area contributed by atoms with Crippen LogP contribution in [0.5, 0.6) is 0 Å². The normalized spacial score (nSPS) is 11.2. The van der Waals surface area contributed by atoms with E-state index in [2.05, 4.69) is 175 Å². The molecule has 0 spiro atoms. The van der Waals surface area contributed by atoms with Gasteiger partial charge in [-0.3, -0.25) is 0 Å². The van der Waals surface area contributed by atoms with Crippen molar-refractivity contribution in [3.05, 3.63) is 24.3 Å². The van der Waals surface area contributed by atoms with Gasteiger partial charge in [0.1, 0.15) is 0 Å². The van der Waals surface area contributed by atoms with Crippen molar-refractivity contribution >= 4 is 0 Å². The second-order valence-corrected chi connectivity index (χ2v) is 14.5. The Bertz CT molecular complexity index is 486. The highest BCUT2D eigenvalue weighted by molar-refractivity contribution is 5.03. The summed E-state index contributed by atoms with van der Waals surface area (Å²) in [4.78, 5) is 0. The topological polar surface area (TPSA) is 9.23 Å². The first kappa shape index (κ1) is 48.7. The number of ether oxygens (including phenoxy) is 1. The van der Waals surface area contributed by atoms with Crippen molar-refractivity contribution in [3.8, 4) is 11.8 Å². The van der Waals surface area contributed by atoms with E-state index in [0.717, 1.165) is 18.4 Å². The first-order valence-electron chi connectivity index (χ1n) is 16.6. The van der Waals surface area contributed by atoms with Crippen LogP contribution in [0, 0.1) is 65.1 Å². The van der Waals surface area contributed by atoms with Crippen LogP contribution >= 0.6 is 0 Å². The number of rotatable bonds is 10. The number of hydrogen-bond donors (Lipinski definition) is 0. The molecule has 40 heavy (non-hydrogen) atoms. The lowest BCUT2D eigenvalue weighted by atomic mass is 10.0. The lowest BCUT2D eigenvalue weighted by molar-refractivity contribution is 0.0593. The summed E-state index contributed by atoms with van der Waals surface area (Å²) in [6, 6.07) is 0. The standard InChI is InChI=1S/C8H18.2C8H16.C8H14.C7H16O/c4*1-7(2)5-6-8(3)4;1-6(2)5-8-7(3)4/h7-8H,5-6H2,1-4H3;2*5-8H,1-4H3;7-8H,1-4H3;6-7H,5H2,1-4H3/b;6-5+;6-5-;;. The number of allylic oxidation sites excluding steroid dienone is 4. The summed E-state index contributed by atoms with van der Waals surface area (Å²) in [5, 5.41) is 0. The van der Waals surface area contributed by atoms with Crippen LogP contribution < -0.4 is 0 Å². The predicted molar refractivity (Wildman–Crippen MR) is 190 cm³/mol. The van der Waals surface area contributed by atoms with Gasteiger partial charge < -0.3 is 4.74 Å². The fourth-order valence-electron chi connectivity index (χ4n) is 2.27. The highest BCUT2D eigenvalue weighted by Crippen LogP contribution is 2.09. The molecule has 0 amide bonds. The molecule has 0 N–H and O–H groups in total. The average molecular weight is 565 g/mol. The van der Waals surface area contributed by atoms with Crippen molar-refractivity contribution in [1.82, 2.24) is 0 Å². The minimum absolute atomic E-state index is 0.386. The Morgan fingerprint density at radius 2 is 0.650 bits per heavy atom. The molecule has 1 heteroatoms. The molecule has 0 aromatic rings. The molecule has 0 aliphatic heterocycles. The van der Waals surface area contributed by atoms with Crippen molar-refractivity contribution in [1.29, 1.82) is 0 Å². The Labute approximate surface area is 257 Å². The van der Waals surface area contributed by atoms with Crippen LogP contribution in [0.15, 0.2) is 24.3 Å². The molecule has 0 saturated heterocycles. The van der Waals surface area contributed by atoms with E-state index < -0.39 is 0 Å². The van der Waals surface area contributed by atoms with Crippen LogP contribution in [-0.2, 0) is 4.74 Å². The fourth-order valence-corrected chi connectivity index (χ4v) is 2.27. The van der Waals surface area contributed by atoms with Crippen LogP contribution in [0.3, 0.4) is 0 Å². The van der Waals surface area contributed by atoms with Crippen LogP contribution in [0.1, 0.15) is 151 Å². The van der Waals surface area contributed by atoms with Gasteiger partial charge in [-0.1, -0.05) is 162 Å². The van der Waals surface area contributed by atoms with E-state index in [9.17, 15) is 0 Å². The lowest BCUT2D eigenvalue weighted by Crippen LogP contribution is -2.08. The molecule has 0 rings (SSSR count). The quantitative estimate of drug-likeness (QED) is 0.189. The molecule has 0 aliphatic rings. The van der Waals surface area contributed by atoms with Crippen LogP contribution in [-0.4, -0.2) is 12.7 Å². The van der Waals surface area contributed by atoms with E-state index in [1.165, 1.54) is 12.8 Å². The van der Waals surface area contributed by atoms with Crippen molar-refractivity contribution in [2.24, 2.45) is 53.3 Å². The second-order valence-electron chi connectivity index (χ2n) is 14.5. The fraction of sp³-hybridized carbons (Fsp3) is 0.846. The van der Waals surface area contributed by atoms with Gasteiger partial charge in [0, 0.05) is 18.4 Å². The molecule has 0 fully saturated rings. The maximum atomic E-state index is 5.30. The van der Waals surface area contributed by atoms with E-state index in [1.54, 1.807) is 0 Å². The molecular weight excluding hydrogens is 484 g/mol. The molecule has 0 atom stereocenters. The molecule has 0 radical (unpaired) electrons. The molecule has 0 bridgehead atoms. The predicted octanol–water partition coefficient (Wildman–Crippen LogP) is 13.2. The third-order valence-corrected chi connectivity index (χ3v) is 4.51. The van der Waals surface area contributed by atoms with E-state index in [1.807, 2.05) is 0 Å². The van der Waals surface area contributed by atoms with Gasteiger partial charge >= 0.3 is 0 Å². The third kappa shape index (κ3) is 83.2. The van der Waals surface area contributed by atoms with Gasteiger partial charge in [0.05, 0.1) is 6.10 Å². The monoisotopic (exact) mass is 565 g/mol. The highest BCUT2D eigenvalue weighted by Gasteiger charge is 1.96. The second kappa shape index (κ2) is 34.2. The summed E-state index contributed by atoms with van der Waals surface area (Å²) >= 11 is 0. The molecule has 0 aromatic carbocycles. The summed E-state index contributed by atoms with van der Waals surface area (Å²) in [5.41, 5.74) is 0. The Balaban J connectivity index is -0.000000128. The van der Waals surface area contributed by atoms with Gasteiger partial charge in [-0.25, -0.2) is 0 Å². The zero-order chi connectivity index (χ0) is 32.8. The minimum Gasteiger partial charge on any atom is -0.379 e. The van der Waals surface area contributed by atoms with Crippen molar-refractivity contribution in [3.63, 3.8) is 0 Å². The largest absolute Gasteiger partial charge is 0.379 e. The van der Waals surface area contributed by atoms with E-state index in [0.29, 0.717) is 47.5 Å². The summed E-state index contributed by atoms with van der Waals surface area (Å²) < 4.78 is 5.30. The zero-order valence-electron chi connectivity index (χ0n) is 31.6. The smallest absolute Gasteiger partial charge is 0.0518 e. The first-order valence-corrected chi connectivity index (χ1v) is 16.6. The molecule has 0 aromatic heterocycles. The van der Waals surface area contributed by atoms with Gasteiger partial charge in [0.15, 0.2) is 0 Å². The molecule has 0 heterocycles. The Morgan fingerprint density at radius 3 is 0.750 bits per heavy atom. The SMILES string of the molecule is CC(C)/C=C/C(C)C.CC(C)/C=C\C(C)C.CC(C)C#CC(C)C.CC(C)CCC(C)C.CC(C)COC(C)C. The average Bonchev–Trinajstić information content (AvgIpc) is 2.79. The molecular formula is C39H80O. The maximum Gasteiger partial charge on any atom is 0.0518 e. The van der Waals surface area contributed by atoms with Crippen molar-refractivity contribution in [2.45, 2.75) is 157 Å². The summed E-state index contributed by atoms with van der Waals surface area (Å²) in [5.74, 6) is 12.5. The molecule has 242 valence electrons. The van der Waals surface area contributed by atoms with Crippen LogP contribution in [0.2, 0.25) is 0 Å². The number of hydrogen-bond acceptors (Lipinski definition) is 1.